The zero-order valence-corrected chi connectivity index (χ0v) is 21.5. The molecule has 3 aromatic carbocycles. The van der Waals surface area contributed by atoms with Crippen LogP contribution >= 0.6 is 0 Å². The van der Waals surface area contributed by atoms with Gasteiger partial charge in [-0.2, -0.15) is 0 Å². The Balaban J connectivity index is 1.22. The highest BCUT2D eigenvalue weighted by Gasteiger charge is 2.35. The number of nitrogens with one attached hydrogen (secondary N) is 2. The van der Waals surface area contributed by atoms with Gasteiger partial charge in [-0.25, -0.2) is 0 Å². The second-order valence-electron chi connectivity index (χ2n) is 9.88. The van der Waals surface area contributed by atoms with Crippen molar-refractivity contribution < 1.29 is 18.4 Å². The Hall–Kier alpha value is -5.24. The molecule has 7 rings (SSSR count). The van der Waals surface area contributed by atoms with Gasteiger partial charge in [0.2, 0.25) is 0 Å². The quantitative estimate of drug-likeness (QED) is 0.264. The lowest BCUT2D eigenvalue weighted by atomic mass is 9.99. The fourth-order valence-electron chi connectivity index (χ4n) is 5.44. The van der Waals surface area contributed by atoms with Gasteiger partial charge in [-0.1, -0.05) is 48.5 Å². The number of amides is 2. The van der Waals surface area contributed by atoms with Crippen molar-refractivity contribution in [3.8, 4) is 0 Å². The molecule has 4 heterocycles. The van der Waals surface area contributed by atoms with Crippen molar-refractivity contribution in [2.75, 3.05) is 10.6 Å². The molecule has 0 saturated carbocycles. The lowest BCUT2D eigenvalue weighted by Crippen LogP contribution is -2.43. The smallest absolute Gasteiger partial charge is 0.258 e. The first kappa shape index (κ1) is 23.8. The molecule has 2 aromatic heterocycles. The lowest BCUT2D eigenvalue weighted by Gasteiger charge is -2.39. The van der Waals surface area contributed by atoms with E-state index in [0.717, 1.165) is 22.5 Å². The minimum atomic E-state index is -0.401. The molecule has 198 valence electrons. The van der Waals surface area contributed by atoms with Crippen LogP contribution in [0, 0.1) is 0 Å². The van der Waals surface area contributed by atoms with Crippen LogP contribution < -0.4 is 10.6 Å². The zero-order chi connectivity index (χ0) is 27.1. The van der Waals surface area contributed by atoms with Crippen molar-refractivity contribution >= 4 is 23.2 Å². The number of benzene rings is 3. The van der Waals surface area contributed by atoms with Crippen LogP contribution in [-0.2, 0) is 13.1 Å². The molecule has 2 atom stereocenters. The number of hydrogen-bond donors (Lipinski definition) is 2. The van der Waals surface area contributed by atoms with E-state index in [-0.39, 0.29) is 11.8 Å². The lowest BCUT2D eigenvalue weighted by molar-refractivity contribution is 0.0642. The van der Waals surface area contributed by atoms with Crippen molar-refractivity contribution in [2.45, 2.75) is 25.4 Å². The zero-order valence-electron chi connectivity index (χ0n) is 21.5. The van der Waals surface area contributed by atoms with Crippen molar-refractivity contribution in [2.24, 2.45) is 0 Å². The molecule has 8 nitrogen and oxygen atoms in total. The van der Waals surface area contributed by atoms with Crippen molar-refractivity contribution in [1.29, 1.82) is 0 Å². The molecular formula is C32H26N4O4. The third-order valence-electron chi connectivity index (χ3n) is 7.42. The molecule has 5 aromatic rings. The summed E-state index contributed by atoms with van der Waals surface area (Å²) in [5.41, 5.74) is 4.66. The number of carbonyl (C=O) groups excluding carboxylic acids is 2. The molecule has 0 fully saturated rings. The fraction of sp³-hybridized carbons (Fsp3) is 0.125. The highest BCUT2D eigenvalue weighted by molar-refractivity contribution is 6.02. The number of anilines is 2. The SMILES string of the molecule is O=C1c2ccccc2NC(c2ccc(C3Nc4ccccc4C(=O)N3Cc3ccco3)cc2)N1Cc1ccco1. The Bertz CT molecular complexity index is 1540. The first-order chi connectivity index (χ1) is 19.7. The second kappa shape index (κ2) is 9.81. The summed E-state index contributed by atoms with van der Waals surface area (Å²) in [5.74, 6) is 1.27. The summed E-state index contributed by atoms with van der Waals surface area (Å²) >= 11 is 0. The second-order valence-corrected chi connectivity index (χ2v) is 9.88. The minimum absolute atomic E-state index is 0.0689. The van der Waals surface area contributed by atoms with Gasteiger partial charge in [0.25, 0.3) is 11.8 Å². The fourth-order valence-corrected chi connectivity index (χ4v) is 5.44. The van der Waals surface area contributed by atoms with Gasteiger partial charge in [0.15, 0.2) is 0 Å². The number of carbonyl (C=O) groups is 2. The maximum Gasteiger partial charge on any atom is 0.258 e. The van der Waals surface area contributed by atoms with Gasteiger partial charge in [-0.3, -0.25) is 9.59 Å². The summed E-state index contributed by atoms with van der Waals surface area (Å²) in [6.45, 7) is 0.651. The Labute approximate surface area is 230 Å². The highest BCUT2D eigenvalue weighted by atomic mass is 16.3. The molecule has 0 radical (unpaired) electrons. The summed E-state index contributed by atoms with van der Waals surface area (Å²) in [4.78, 5) is 30.7. The van der Waals surface area contributed by atoms with Crippen molar-refractivity contribution in [1.82, 2.24) is 9.80 Å². The normalized spacial score (nSPS) is 18.1. The molecule has 0 aliphatic carbocycles. The van der Waals surface area contributed by atoms with Crippen molar-refractivity contribution in [3.05, 3.63) is 143 Å². The summed E-state index contributed by atoms with van der Waals surface area (Å²) in [6.07, 6.45) is 2.42. The standard InChI is InChI=1S/C32H26N4O4/c37-31-25-9-1-3-11-27(25)33-29(35(31)19-23-7-5-17-39-23)21-13-15-22(16-14-21)30-34-28-12-4-2-10-26(28)32(38)36(30)20-24-8-6-18-40-24/h1-18,29-30,33-34H,19-20H2. The molecule has 0 spiro atoms. The van der Waals surface area contributed by atoms with Crippen LogP contribution in [0.15, 0.2) is 118 Å². The molecule has 0 bridgehead atoms. The third-order valence-corrected chi connectivity index (χ3v) is 7.42. The van der Waals surface area contributed by atoms with E-state index in [1.54, 1.807) is 22.3 Å². The number of para-hydroxylation sites is 2. The van der Waals surface area contributed by atoms with Crippen LogP contribution in [0.4, 0.5) is 11.4 Å². The maximum absolute atomic E-state index is 13.6. The topological polar surface area (TPSA) is 91.0 Å². The van der Waals surface area contributed by atoms with Gasteiger partial charge in [0, 0.05) is 11.4 Å². The van der Waals surface area contributed by atoms with Crippen LogP contribution in [0.2, 0.25) is 0 Å². The first-order valence-corrected chi connectivity index (χ1v) is 13.1. The van der Waals surface area contributed by atoms with Crippen LogP contribution in [0.3, 0.4) is 0 Å². The number of rotatable bonds is 6. The Kier molecular flexibility index (Phi) is 5.85. The third kappa shape index (κ3) is 4.19. The van der Waals surface area contributed by atoms with Crippen LogP contribution in [0.5, 0.6) is 0 Å². The van der Waals surface area contributed by atoms with Gasteiger partial charge < -0.3 is 29.3 Å². The minimum Gasteiger partial charge on any atom is -0.467 e. The van der Waals surface area contributed by atoms with E-state index in [9.17, 15) is 9.59 Å². The number of nitrogens with zero attached hydrogens (tertiary/aromatic N) is 2. The molecule has 8 heteroatoms. The largest absolute Gasteiger partial charge is 0.467 e. The Morgan fingerprint density at radius 3 is 1.38 bits per heavy atom. The monoisotopic (exact) mass is 530 g/mol. The van der Waals surface area contributed by atoms with Crippen LogP contribution in [0.1, 0.15) is 55.7 Å². The summed E-state index contributed by atoms with van der Waals surface area (Å²) in [6, 6.07) is 30.4. The average Bonchev–Trinajstić information content (AvgIpc) is 3.71. The van der Waals surface area contributed by atoms with Gasteiger partial charge in [0.05, 0.1) is 36.7 Å². The van der Waals surface area contributed by atoms with E-state index < -0.39 is 12.3 Å². The molecule has 2 amide bonds. The first-order valence-electron chi connectivity index (χ1n) is 13.1. The predicted molar refractivity (Wildman–Crippen MR) is 149 cm³/mol. The molecule has 40 heavy (non-hydrogen) atoms. The van der Waals surface area contributed by atoms with Gasteiger partial charge in [-0.15, -0.1) is 0 Å². The number of hydrogen-bond acceptors (Lipinski definition) is 6. The van der Waals surface area contributed by atoms with E-state index in [0.29, 0.717) is 35.7 Å². The van der Waals surface area contributed by atoms with E-state index in [4.69, 9.17) is 8.83 Å². The summed E-state index contributed by atoms with van der Waals surface area (Å²) in [5, 5.41) is 7.07. The molecular weight excluding hydrogens is 504 g/mol. The number of furan rings is 2. The molecule has 2 N–H and O–H groups in total. The van der Waals surface area contributed by atoms with E-state index in [1.807, 2.05) is 97.1 Å². The predicted octanol–water partition coefficient (Wildman–Crippen LogP) is 6.41. The van der Waals surface area contributed by atoms with Crippen molar-refractivity contribution in [3.63, 3.8) is 0 Å². The van der Waals surface area contributed by atoms with E-state index >= 15 is 0 Å². The van der Waals surface area contributed by atoms with E-state index in [1.165, 1.54) is 0 Å². The highest BCUT2D eigenvalue weighted by Crippen LogP contribution is 2.37. The Morgan fingerprint density at radius 2 is 0.975 bits per heavy atom. The molecule has 0 saturated heterocycles. The molecule has 2 aliphatic heterocycles. The van der Waals surface area contributed by atoms with Gasteiger partial charge >= 0.3 is 0 Å². The van der Waals surface area contributed by atoms with E-state index in [2.05, 4.69) is 10.6 Å². The average molecular weight is 531 g/mol. The van der Waals surface area contributed by atoms with Gasteiger partial charge in [0.1, 0.15) is 23.9 Å². The molecule has 2 aliphatic rings. The van der Waals surface area contributed by atoms with Crippen LogP contribution in [-0.4, -0.2) is 21.6 Å². The number of fused-ring (bicyclic) bond motifs is 2. The van der Waals surface area contributed by atoms with Crippen LogP contribution in [0.25, 0.3) is 0 Å². The maximum atomic E-state index is 13.6. The summed E-state index contributed by atoms with van der Waals surface area (Å²) in [7, 11) is 0. The summed E-state index contributed by atoms with van der Waals surface area (Å²) < 4.78 is 11.1. The molecule has 2 unspecified atom stereocenters. The van der Waals surface area contributed by atoms with Gasteiger partial charge in [-0.05, 0) is 59.7 Å². The Morgan fingerprint density at radius 1 is 0.550 bits per heavy atom.